The summed E-state index contributed by atoms with van der Waals surface area (Å²) in [6.45, 7) is 0. The Morgan fingerprint density at radius 1 is 1.11 bits per heavy atom. The van der Waals surface area contributed by atoms with E-state index >= 15 is 0 Å². The molecule has 0 fully saturated rings. The maximum atomic E-state index is 11.4. The molecule has 0 atom stereocenters. The van der Waals surface area contributed by atoms with Crippen LogP contribution in [0.3, 0.4) is 0 Å². The normalized spacial score (nSPS) is 12.1. The Bertz CT molecular complexity index is 817. The van der Waals surface area contributed by atoms with Gasteiger partial charge in [-0.1, -0.05) is 18.2 Å². The summed E-state index contributed by atoms with van der Waals surface area (Å²) in [4.78, 5) is 0.0744. The number of fused-ring (bicyclic) bond motifs is 3. The second-order valence-electron chi connectivity index (χ2n) is 3.86. The summed E-state index contributed by atoms with van der Waals surface area (Å²) in [5.74, 6) is 0. The standard InChI is InChI=1S/C12H7ClN2O2S/c13-18(16,17)9-5-4-8-2-1-3-12-11(7-14-15-12)10(8)6-9/h1-7H. The van der Waals surface area contributed by atoms with Gasteiger partial charge in [0.25, 0.3) is 9.05 Å². The zero-order valence-corrected chi connectivity index (χ0v) is 10.6. The van der Waals surface area contributed by atoms with Gasteiger partial charge in [-0.2, -0.15) is 10.2 Å². The minimum Gasteiger partial charge on any atom is -0.207 e. The molecule has 0 bridgehead atoms. The highest BCUT2D eigenvalue weighted by Crippen LogP contribution is 2.29. The molecule has 18 heavy (non-hydrogen) atoms. The Kier molecular flexibility index (Phi) is 2.46. The van der Waals surface area contributed by atoms with Gasteiger partial charge in [0.15, 0.2) is 0 Å². The van der Waals surface area contributed by atoms with Crippen LogP contribution in [0, 0.1) is 0 Å². The van der Waals surface area contributed by atoms with Crippen molar-refractivity contribution in [2.45, 2.75) is 4.90 Å². The molecule has 1 aromatic carbocycles. The minimum absolute atomic E-state index is 0.0744. The van der Waals surface area contributed by atoms with Crippen molar-refractivity contribution in [3.05, 3.63) is 42.6 Å². The third kappa shape index (κ3) is 1.81. The lowest BCUT2D eigenvalue weighted by molar-refractivity contribution is 0.609. The molecule has 3 rings (SSSR count). The number of halogens is 1. The molecule has 0 saturated heterocycles. The smallest absolute Gasteiger partial charge is 0.207 e. The van der Waals surface area contributed by atoms with Crippen molar-refractivity contribution in [3.8, 4) is 11.3 Å². The molecule has 0 radical (unpaired) electrons. The van der Waals surface area contributed by atoms with Gasteiger partial charge in [-0.15, -0.1) is 0 Å². The predicted octanol–water partition coefficient (Wildman–Crippen LogP) is 2.66. The molecule has 0 saturated carbocycles. The van der Waals surface area contributed by atoms with Gasteiger partial charge >= 0.3 is 0 Å². The highest BCUT2D eigenvalue weighted by atomic mass is 35.7. The van der Waals surface area contributed by atoms with Crippen LogP contribution in [-0.2, 0) is 9.05 Å². The Labute approximate surface area is 108 Å². The van der Waals surface area contributed by atoms with E-state index in [2.05, 4.69) is 10.2 Å². The van der Waals surface area contributed by atoms with Crippen molar-refractivity contribution in [3.63, 3.8) is 0 Å². The molecule has 1 aromatic rings. The summed E-state index contributed by atoms with van der Waals surface area (Å²) in [6, 6.07) is 10.3. The third-order valence-electron chi connectivity index (χ3n) is 2.75. The van der Waals surface area contributed by atoms with Crippen molar-refractivity contribution in [2.75, 3.05) is 0 Å². The zero-order chi connectivity index (χ0) is 12.8. The molecule has 1 aliphatic carbocycles. The van der Waals surface area contributed by atoms with E-state index in [0.29, 0.717) is 5.69 Å². The van der Waals surface area contributed by atoms with E-state index in [4.69, 9.17) is 10.7 Å². The van der Waals surface area contributed by atoms with Gasteiger partial charge in [0.1, 0.15) is 0 Å². The molecule has 2 aliphatic rings. The Morgan fingerprint density at radius 3 is 2.72 bits per heavy atom. The van der Waals surface area contributed by atoms with E-state index in [0.717, 1.165) is 16.3 Å². The first-order valence-corrected chi connectivity index (χ1v) is 7.45. The Hall–Kier alpha value is -1.72. The van der Waals surface area contributed by atoms with Crippen LogP contribution in [0.4, 0.5) is 0 Å². The van der Waals surface area contributed by atoms with Crippen molar-refractivity contribution >= 4 is 30.5 Å². The molecule has 0 aromatic heterocycles. The van der Waals surface area contributed by atoms with Crippen molar-refractivity contribution in [2.24, 2.45) is 0 Å². The Morgan fingerprint density at radius 2 is 1.94 bits per heavy atom. The fourth-order valence-corrected chi connectivity index (χ4v) is 2.69. The third-order valence-corrected chi connectivity index (χ3v) is 4.11. The molecule has 6 heteroatoms. The van der Waals surface area contributed by atoms with E-state index in [9.17, 15) is 8.42 Å². The predicted molar refractivity (Wildman–Crippen MR) is 69.2 cm³/mol. The first kappa shape index (κ1) is 11.4. The monoisotopic (exact) mass is 278 g/mol. The first-order valence-electron chi connectivity index (χ1n) is 5.14. The fourth-order valence-electron chi connectivity index (χ4n) is 1.91. The topological polar surface area (TPSA) is 59.9 Å². The molecule has 1 aliphatic heterocycles. The summed E-state index contributed by atoms with van der Waals surface area (Å²) in [5, 5.41) is 9.48. The fraction of sp³-hybridized carbons (Fsp3) is 0. The van der Waals surface area contributed by atoms with Crippen LogP contribution in [0.1, 0.15) is 0 Å². The Balaban J connectivity index is 2.45. The van der Waals surface area contributed by atoms with Gasteiger partial charge in [0.2, 0.25) is 0 Å². The van der Waals surface area contributed by atoms with Crippen LogP contribution in [0.2, 0.25) is 0 Å². The van der Waals surface area contributed by atoms with Gasteiger partial charge in [-0.05, 0) is 29.0 Å². The summed E-state index contributed by atoms with van der Waals surface area (Å²) in [6.07, 6.45) is 1.61. The lowest BCUT2D eigenvalue weighted by Gasteiger charge is -2.00. The van der Waals surface area contributed by atoms with Crippen LogP contribution in [-0.4, -0.2) is 18.6 Å². The molecule has 0 spiro atoms. The number of benzene rings is 1. The van der Waals surface area contributed by atoms with E-state index in [1.807, 2.05) is 18.2 Å². The summed E-state index contributed by atoms with van der Waals surface area (Å²) >= 11 is 0. The van der Waals surface area contributed by atoms with E-state index < -0.39 is 9.05 Å². The largest absolute Gasteiger partial charge is 0.261 e. The van der Waals surface area contributed by atoms with Gasteiger partial charge in [-0.3, -0.25) is 0 Å². The van der Waals surface area contributed by atoms with E-state index in [1.54, 1.807) is 18.3 Å². The highest BCUT2D eigenvalue weighted by Gasteiger charge is 2.13. The second kappa shape index (κ2) is 3.90. The zero-order valence-electron chi connectivity index (χ0n) is 9.04. The average molecular weight is 279 g/mol. The molecule has 1 heterocycles. The van der Waals surface area contributed by atoms with Gasteiger partial charge in [0, 0.05) is 16.2 Å². The molecular formula is C12H7ClN2O2S. The van der Waals surface area contributed by atoms with E-state index in [-0.39, 0.29) is 4.90 Å². The first-order chi connectivity index (χ1) is 8.55. The van der Waals surface area contributed by atoms with Crippen LogP contribution in [0.15, 0.2) is 47.5 Å². The van der Waals surface area contributed by atoms with Crippen molar-refractivity contribution in [1.82, 2.24) is 10.2 Å². The molecule has 0 unspecified atom stereocenters. The highest BCUT2D eigenvalue weighted by molar-refractivity contribution is 8.13. The molecule has 0 amide bonds. The van der Waals surface area contributed by atoms with Crippen LogP contribution in [0.5, 0.6) is 0 Å². The summed E-state index contributed by atoms with van der Waals surface area (Å²) in [7, 11) is 1.62. The van der Waals surface area contributed by atoms with Crippen LogP contribution < -0.4 is 0 Å². The van der Waals surface area contributed by atoms with Crippen molar-refractivity contribution in [1.29, 1.82) is 0 Å². The summed E-state index contributed by atoms with van der Waals surface area (Å²) < 4.78 is 22.7. The van der Waals surface area contributed by atoms with Crippen LogP contribution in [0.25, 0.3) is 22.0 Å². The lowest BCUT2D eigenvalue weighted by atomic mass is 10.1. The van der Waals surface area contributed by atoms with Gasteiger partial charge in [-0.25, -0.2) is 8.42 Å². The lowest BCUT2D eigenvalue weighted by Crippen LogP contribution is -1.89. The summed E-state index contributed by atoms with van der Waals surface area (Å²) in [5.41, 5.74) is 1.52. The van der Waals surface area contributed by atoms with Gasteiger partial charge in [0.05, 0.1) is 16.8 Å². The maximum Gasteiger partial charge on any atom is 0.261 e. The quantitative estimate of drug-likeness (QED) is 0.642. The number of nitrogens with zero attached hydrogens (tertiary/aromatic N) is 2. The number of hydrogen-bond acceptors (Lipinski definition) is 4. The second-order valence-corrected chi connectivity index (χ2v) is 6.42. The molecule has 4 nitrogen and oxygen atoms in total. The van der Waals surface area contributed by atoms with Crippen molar-refractivity contribution < 1.29 is 8.42 Å². The number of hydrogen-bond donors (Lipinski definition) is 0. The van der Waals surface area contributed by atoms with E-state index in [1.165, 1.54) is 6.07 Å². The van der Waals surface area contributed by atoms with Gasteiger partial charge < -0.3 is 0 Å². The molecule has 0 N–H and O–H groups in total. The SMILES string of the molecule is O=S(=O)(Cl)c1ccc2cccc3nncc-3c2c1. The minimum atomic E-state index is -3.74. The number of aromatic nitrogens is 2. The molecular weight excluding hydrogens is 272 g/mol. The van der Waals surface area contributed by atoms with Crippen LogP contribution >= 0.6 is 10.7 Å². The average Bonchev–Trinajstić information content (AvgIpc) is 2.70. The maximum absolute atomic E-state index is 11.4. The number of rotatable bonds is 1. The molecule has 90 valence electrons.